The fourth-order valence-electron chi connectivity index (χ4n) is 2.62. The molecule has 0 saturated carbocycles. The fourth-order valence-corrected chi connectivity index (χ4v) is 3.19. The summed E-state index contributed by atoms with van der Waals surface area (Å²) in [5.74, 6) is -1.08. The number of hydrogen-bond donors (Lipinski definition) is 1. The van der Waals surface area contributed by atoms with E-state index in [0.717, 1.165) is 11.6 Å². The van der Waals surface area contributed by atoms with Crippen LogP contribution in [0.4, 0.5) is 5.13 Å². The molecule has 0 unspecified atom stereocenters. The Hall–Kier alpha value is -3.03. The summed E-state index contributed by atoms with van der Waals surface area (Å²) in [6.45, 7) is 2.51. The van der Waals surface area contributed by atoms with E-state index in [9.17, 15) is 9.59 Å². The Morgan fingerprint density at radius 2 is 1.86 bits per heavy atom. The van der Waals surface area contributed by atoms with Crippen molar-refractivity contribution in [2.75, 3.05) is 5.32 Å². The van der Waals surface area contributed by atoms with E-state index in [2.05, 4.69) is 68.7 Å². The number of rotatable bonds is 5. The van der Waals surface area contributed by atoms with E-state index in [1.54, 1.807) is 6.92 Å². The number of nitrogens with zero attached hydrogens (tertiary/aromatic N) is 3. The maximum atomic E-state index is 10.9. The summed E-state index contributed by atoms with van der Waals surface area (Å²) >= 11 is 7.05. The van der Waals surface area contributed by atoms with E-state index >= 15 is 0 Å². The van der Waals surface area contributed by atoms with Gasteiger partial charge >= 0.3 is 0 Å². The van der Waals surface area contributed by atoms with Gasteiger partial charge in [-0.05, 0) is 35.2 Å². The molecule has 4 rings (SSSR count). The summed E-state index contributed by atoms with van der Waals surface area (Å²) < 4.78 is 2.25. The molecular weight excluding hydrogens is 408 g/mol. The quantitative estimate of drug-likeness (QED) is 0.465. The van der Waals surface area contributed by atoms with Gasteiger partial charge in [0.05, 0.1) is 0 Å². The molecule has 0 bridgehead atoms. The lowest BCUT2D eigenvalue weighted by Crippen LogP contribution is -2.21. The van der Waals surface area contributed by atoms with Crippen LogP contribution in [0.25, 0.3) is 10.9 Å². The minimum absolute atomic E-state index is 0.199. The van der Waals surface area contributed by atoms with Crippen LogP contribution in [-0.4, -0.2) is 26.5 Å². The number of aromatic nitrogens is 3. The first kappa shape index (κ1) is 20.7. The van der Waals surface area contributed by atoms with Crippen molar-refractivity contribution in [2.45, 2.75) is 19.9 Å². The van der Waals surface area contributed by atoms with Crippen LogP contribution in [0.1, 0.15) is 18.9 Å². The van der Waals surface area contributed by atoms with Gasteiger partial charge < -0.3 is 4.57 Å². The molecule has 0 aliphatic rings. The molecule has 4 aromatic rings. The lowest BCUT2D eigenvalue weighted by Gasteiger charge is -2.05. The highest BCUT2D eigenvalue weighted by atomic mass is 35.5. The third-order valence-electron chi connectivity index (χ3n) is 4.10. The van der Waals surface area contributed by atoms with Gasteiger partial charge in [-0.25, -0.2) is 0 Å². The van der Waals surface area contributed by atoms with Gasteiger partial charge in [0.2, 0.25) is 10.9 Å². The second-order valence-electron chi connectivity index (χ2n) is 6.10. The van der Waals surface area contributed by atoms with Crippen molar-refractivity contribution < 1.29 is 9.59 Å². The maximum Gasteiger partial charge on any atom is 0.293 e. The molecule has 0 spiro atoms. The number of benzene rings is 2. The number of halogens is 1. The number of hydrogen-bond acceptors (Lipinski definition) is 5. The van der Waals surface area contributed by atoms with E-state index in [0.29, 0.717) is 5.13 Å². The van der Waals surface area contributed by atoms with Crippen molar-refractivity contribution in [3.8, 4) is 0 Å². The van der Waals surface area contributed by atoms with Gasteiger partial charge in [0.1, 0.15) is 5.51 Å². The van der Waals surface area contributed by atoms with Gasteiger partial charge in [-0.15, -0.1) is 10.2 Å². The van der Waals surface area contributed by atoms with Gasteiger partial charge in [0, 0.05) is 29.7 Å². The number of Topliss-reactive ketones (excluding diaryl/α,β-unsaturated/α-hetero) is 1. The molecule has 0 aliphatic heterocycles. The first-order chi connectivity index (χ1) is 14.1. The van der Waals surface area contributed by atoms with Crippen molar-refractivity contribution >= 4 is 50.7 Å². The molecule has 2 aromatic heterocycles. The van der Waals surface area contributed by atoms with Crippen LogP contribution in [0, 0.1) is 0 Å². The third kappa shape index (κ3) is 5.73. The first-order valence-electron chi connectivity index (χ1n) is 8.95. The Bertz CT molecular complexity index is 1090. The lowest BCUT2D eigenvalue weighted by molar-refractivity contribution is -0.134. The van der Waals surface area contributed by atoms with E-state index in [1.807, 2.05) is 12.1 Å². The molecule has 148 valence electrons. The average Bonchev–Trinajstić information content (AvgIpc) is 3.40. The zero-order valence-corrected chi connectivity index (χ0v) is 17.3. The predicted molar refractivity (Wildman–Crippen MR) is 116 cm³/mol. The maximum absolute atomic E-state index is 10.9. The van der Waals surface area contributed by atoms with Crippen molar-refractivity contribution in [3.63, 3.8) is 0 Å². The van der Waals surface area contributed by atoms with Crippen LogP contribution < -0.4 is 5.32 Å². The Morgan fingerprint density at radius 3 is 2.55 bits per heavy atom. The number of para-hydroxylation sites is 1. The Balaban J connectivity index is 0.000000177. The van der Waals surface area contributed by atoms with Crippen molar-refractivity contribution in [3.05, 3.63) is 76.9 Å². The average molecular weight is 427 g/mol. The minimum atomic E-state index is -0.630. The second-order valence-corrected chi connectivity index (χ2v) is 7.37. The summed E-state index contributed by atoms with van der Waals surface area (Å²) in [7, 11) is 0. The van der Waals surface area contributed by atoms with Crippen LogP contribution in [0.3, 0.4) is 0 Å². The third-order valence-corrected chi connectivity index (χ3v) is 4.96. The van der Waals surface area contributed by atoms with Crippen molar-refractivity contribution in [2.24, 2.45) is 0 Å². The minimum Gasteiger partial charge on any atom is -0.343 e. The van der Waals surface area contributed by atoms with E-state index < -0.39 is 11.7 Å². The molecule has 0 atom stereocenters. The SMILES string of the molecule is CCC(=O)C(=O)Nc1nncs1.Clc1ccc(Cn2ccc3ccccc32)cc1. The number of carbonyl (C=O) groups is 2. The van der Waals surface area contributed by atoms with Gasteiger partial charge in [0.15, 0.2) is 0 Å². The van der Waals surface area contributed by atoms with Gasteiger partial charge in [-0.3, -0.25) is 14.9 Å². The lowest BCUT2D eigenvalue weighted by atomic mass is 10.2. The standard InChI is InChI=1S/C15H12ClN.C6H7N3O2S/c16-14-7-5-12(6-8-14)11-17-10-9-13-3-1-2-4-15(13)17;1-2-4(10)5(11)8-6-9-7-3-12-6/h1-10H,11H2;3H,2H2,1H3,(H,8,9,11). The summed E-state index contributed by atoms with van der Waals surface area (Å²) in [6.07, 6.45) is 2.32. The van der Waals surface area contributed by atoms with Crippen LogP contribution in [0.15, 0.2) is 66.3 Å². The fraction of sp³-hybridized carbons (Fsp3) is 0.143. The highest BCUT2D eigenvalue weighted by Gasteiger charge is 2.11. The molecular formula is C21H19ClN4O2S. The molecule has 0 saturated heterocycles. The number of anilines is 1. The summed E-state index contributed by atoms with van der Waals surface area (Å²) in [5, 5.41) is 11.8. The van der Waals surface area contributed by atoms with Gasteiger partial charge in [0.25, 0.3) is 5.91 Å². The Morgan fingerprint density at radius 1 is 1.10 bits per heavy atom. The van der Waals surface area contributed by atoms with Crippen molar-refractivity contribution in [1.82, 2.24) is 14.8 Å². The molecule has 6 nitrogen and oxygen atoms in total. The largest absolute Gasteiger partial charge is 0.343 e. The van der Waals surface area contributed by atoms with E-state index in [-0.39, 0.29) is 6.42 Å². The molecule has 0 fully saturated rings. The molecule has 0 radical (unpaired) electrons. The smallest absolute Gasteiger partial charge is 0.293 e. The Kier molecular flexibility index (Phi) is 7.10. The number of carbonyl (C=O) groups excluding carboxylic acids is 2. The molecule has 2 aromatic carbocycles. The normalized spacial score (nSPS) is 10.3. The first-order valence-corrected chi connectivity index (χ1v) is 10.2. The number of fused-ring (bicyclic) bond motifs is 1. The molecule has 1 N–H and O–H groups in total. The van der Waals surface area contributed by atoms with E-state index in [1.165, 1.54) is 33.3 Å². The monoisotopic (exact) mass is 426 g/mol. The predicted octanol–water partition coefficient (Wildman–Crippen LogP) is 4.80. The van der Waals surface area contributed by atoms with E-state index in [4.69, 9.17) is 11.6 Å². The second kappa shape index (κ2) is 9.95. The Labute approximate surface area is 177 Å². The summed E-state index contributed by atoms with van der Waals surface area (Å²) in [4.78, 5) is 21.7. The molecule has 1 amide bonds. The van der Waals surface area contributed by atoms with Crippen LogP contribution in [0.2, 0.25) is 5.02 Å². The zero-order chi connectivity index (χ0) is 20.6. The van der Waals surface area contributed by atoms with Crippen molar-refractivity contribution in [1.29, 1.82) is 0 Å². The van der Waals surface area contributed by atoms with Gasteiger partial charge in [-0.2, -0.15) is 0 Å². The zero-order valence-electron chi connectivity index (χ0n) is 15.7. The molecule has 0 aliphatic carbocycles. The highest BCUT2D eigenvalue weighted by Crippen LogP contribution is 2.17. The number of ketones is 1. The van der Waals surface area contributed by atoms with Crippen LogP contribution in [0.5, 0.6) is 0 Å². The summed E-state index contributed by atoms with van der Waals surface area (Å²) in [5.41, 5.74) is 4.00. The topological polar surface area (TPSA) is 76.9 Å². The molecule has 2 heterocycles. The van der Waals surface area contributed by atoms with Crippen LogP contribution >= 0.6 is 22.9 Å². The number of amides is 1. The summed E-state index contributed by atoms with van der Waals surface area (Å²) in [6, 6.07) is 18.6. The number of nitrogens with one attached hydrogen (secondary N) is 1. The molecule has 8 heteroatoms. The van der Waals surface area contributed by atoms with Gasteiger partial charge in [-0.1, -0.05) is 60.2 Å². The molecule has 29 heavy (non-hydrogen) atoms. The highest BCUT2D eigenvalue weighted by molar-refractivity contribution is 7.13. The van der Waals surface area contributed by atoms with Crippen LogP contribution in [-0.2, 0) is 16.1 Å².